The molecule has 2 atom stereocenters. The van der Waals surface area contributed by atoms with E-state index in [1.807, 2.05) is 53.4 Å². The summed E-state index contributed by atoms with van der Waals surface area (Å²) in [7, 11) is -3.11. The minimum Gasteiger partial charge on any atom is -0.493 e. The van der Waals surface area contributed by atoms with E-state index in [1.54, 1.807) is 17.8 Å². The smallest absolute Gasteiger partial charge is 0.164 e. The van der Waals surface area contributed by atoms with Crippen LogP contribution in [0.1, 0.15) is 17.3 Å². The van der Waals surface area contributed by atoms with Gasteiger partial charge in [-0.2, -0.15) is 0 Å². The fraction of sp³-hybridized carbons (Fsp3) is 0.333. The Hall–Kier alpha value is -2.32. The molecular formula is C21H22N2O4S2. The highest BCUT2D eigenvalue weighted by molar-refractivity contribution is 8.14. The van der Waals surface area contributed by atoms with Gasteiger partial charge in [-0.05, 0) is 31.2 Å². The van der Waals surface area contributed by atoms with Crippen LogP contribution < -0.4 is 9.64 Å². The van der Waals surface area contributed by atoms with Crippen molar-refractivity contribution in [2.75, 3.05) is 28.8 Å². The number of benzene rings is 2. The molecule has 0 radical (unpaired) electrons. The highest BCUT2D eigenvalue weighted by Crippen LogP contribution is 2.35. The van der Waals surface area contributed by atoms with Crippen molar-refractivity contribution >= 4 is 38.2 Å². The third-order valence-electron chi connectivity index (χ3n) is 4.96. The van der Waals surface area contributed by atoms with Crippen LogP contribution in [0.2, 0.25) is 0 Å². The van der Waals surface area contributed by atoms with Crippen LogP contribution in [-0.2, 0) is 9.84 Å². The van der Waals surface area contributed by atoms with E-state index < -0.39 is 9.84 Å². The molecule has 0 unspecified atom stereocenters. The Kier molecular flexibility index (Phi) is 5.65. The Morgan fingerprint density at radius 2 is 1.97 bits per heavy atom. The van der Waals surface area contributed by atoms with Gasteiger partial charge in [-0.25, -0.2) is 8.42 Å². The van der Waals surface area contributed by atoms with Crippen LogP contribution in [0.3, 0.4) is 0 Å². The van der Waals surface area contributed by atoms with Crippen molar-refractivity contribution in [3.8, 4) is 5.75 Å². The van der Waals surface area contributed by atoms with Crippen molar-refractivity contribution in [1.82, 2.24) is 0 Å². The molecule has 1 saturated heterocycles. The first-order valence-corrected chi connectivity index (χ1v) is 12.2. The number of hydrogen-bond donors (Lipinski definition) is 0. The van der Waals surface area contributed by atoms with Crippen LogP contribution in [0.5, 0.6) is 5.75 Å². The average Bonchev–Trinajstić information content (AvgIpc) is 3.17. The molecule has 2 heterocycles. The molecule has 4 rings (SSSR count). The molecule has 1 fully saturated rings. The molecule has 0 aliphatic carbocycles. The number of amidine groups is 1. The number of sulfone groups is 1. The first-order chi connectivity index (χ1) is 13.9. The number of ether oxygens (including phenoxy) is 1. The van der Waals surface area contributed by atoms with Crippen LogP contribution >= 0.6 is 11.8 Å². The number of Topliss-reactive ketones (excluding diaryl/α,β-unsaturated/α-hetero) is 1. The van der Waals surface area contributed by atoms with Crippen LogP contribution in [-0.4, -0.2) is 55.3 Å². The maximum absolute atomic E-state index is 12.1. The zero-order chi connectivity index (χ0) is 20.4. The van der Waals surface area contributed by atoms with Gasteiger partial charge in [-0.3, -0.25) is 9.79 Å². The molecule has 0 amide bonds. The van der Waals surface area contributed by atoms with Crippen molar-refractivity contribution in [2.24, 2.45) is 4.99 Å². The molecule has 6 nitrogen and oxygen atoms in total. The topological polar surface area (TPSA) is 76.0 Å². The van der Waals surface area contributed by atoms with Gasteiger partial charge in [0.2, 0.25) is 0 Å². The third-order valence-corrected chi connectivity index (χ3v) is 7.59. The average molecular weight is 431 g/mol. The zero-order valence-electron chi connectivity index (χ0n) is 16.0. The number of rotatable bonds is 6. The molecule has 152 valence electrons. The van der Waals surface area contributed by atoms with Gasteiger partial charge >= 0.3 is 0 Å². The summed E-state index contributed by atoms with van der Waals surface area (Å²) in [5, 5.41) is 0.785. The predicted molar refractivity (Wildman–Crippen MR) is 117 cm³/mol. The number of nitrogens with zero attached hydrogens (tertiary/aromatic N) is 2. The maximum Gasteiger partial charge on any atom is 0.164 e. The highest BCUT2D eigenvalue weighted by atomic mass is 32.2. The predicted octanol–water partition coefficient (Wildman–Crippen LogP) is 3.04. The van der Waals surface area contributed by atoms with E-state index in [4.69, 9.17) is 9.73 Å². The molecule has 0 N–H and O–H groups in total. The number of fused-ring (bicyclic) bond motifs is 1. The monoisotopic (exact) mass is 430 g/mol. The molecular weight excluding hydrogens is 408 g/mol. The maximum atomic E-state index is 12.1. The Morgan fingerprint density at radius 3 is 2.72 bits per heavy atom. The molecule has 2 aliphatic heterocycles. The minimum atomic E-state index is -3.11. The van der Waals surface area contributed by atoms with Crippen molar-refractivity contribution in [3.05, 3.63) is 60.2 Å². The van der Waals surface area contributed by atoms with Crippen LogP contribution in [0.4, 0.5) is 5.69 Å². The number of aliphatic imine (C=N–C) groups is 1. The lowest BCUT2D eigenvalue weighted by Crippen LogP contribution is -2.39. The van der Waals surface area contributed by atoms with Gasteiger partial charge in [0, 0.05) is 17.0 Å². The summed E-state index contributed by atoms with van der Waals surface area (Å²) >= 11 is 1.55. The fourth-order valence-electron chi connectivity index (χ4n) is 3.62. The summed E-state index contributed by atoms with van der Waals surface area (Å²) in [4.78, 5) is 18.5. The second kappa shape index (κ2) is 8.20. The molecule has 2 aromatic rings. The highest BCUT2D eigenvalue weighted by Gasteiger charge is 2.47. The van der Waals surface area contributed by atoms with Gasteiger partial charge in [0.05, 0.1) is 30.2 Å². The van der Waals surface area contributed by atoms with E-state index in [2.05, 4.69) is 0 Å². The molecule has 2 aliphatic rings. The van der Waals surface area contributed by atoms with Gasteiger partial charge in [0.25, 0.3) is 0 Å². The number of ketones is 1. The van der Waals surface area contributed by atoms with E-state index in [9.17, 15) is 13.2 Å². The summed E-state index contributed by atoms with van der Waals surface area (Å²) < 4.78 is 30.0. The first-order valence-electron chi connectivity index (χ1n) is 9.42. The fourth-order valence-corrected chi connectivity index (χ4v) is 6.40. The summed E-state index contributed by atoms with van der Waals surface area (Å²) in [5.74, 6) is 1.63. The van der Waals surface area contributed by atoms with E-state index >= 15 is 0 Å². The van der Waals surface area contributed by atoms with Crippen LogP contribution in [0.25, 0.3) is 0 Å². The lowest BCUT2D eigenvalue weighted by atomic mass is 10.1. The summed E-state index contributed by atoms with van der Waals surface area (Å²) in [6.07, 6.45) is 0. The zero-order valence-corrected chi connectivity index (χ0v) is 17.7. The number of hydrogen-bond acceptors (Lipinski definition) is 7. The van der Waals surface area contributed by atoms with Gasteiger partial charge in [0.1, 0.15) is 5.75 Å². The minimum absolute atomic E-state index is 0.0240. The lowest BCUT2D eigenvalue weighted by Gasteiger charge is -2.26. The van der Waals surface area contributed by atoms with Gasteiger partial charge in [-0.15, -0.1) is 0 Å². The van der Waals surface area contributed by atoms with E-state index in [0.717, 1.165) is 16.6 Å². The lowest BCUT2D eigenvalue weighted by molar-refractivity contribution is 0.101. The molecule has 0 aromatic heterocycles. The van der Waals surface area contributed by atoms with E-state index in [1.165, 1.54) is 6.92 Å². The Morgan fingerprint density at radius 1 is 1.17 bits per heavy atom. The Bertz CT molecular complexity index is 1040. The number of para-hydroxylation sites is 1. The first kappa shape index (κ1) is 20.0. The Labute approximate surface area is 174 Å². The van der Waals surface area contributed by atoms with Crippen molar-refractivity contribution in [3.63, 3.8) is 0 Å². The number of thioether (sulfide) groups is 1. The van der Waals surface area contributed by atoms with E-state index in [0.29, 0.717) is 17.9 Å². The normalized spacial score (nSPS) is 22.2. The summed E-state index contributed by atoms with van der Waals surface area (Å²) in [6, 6.07) is 16.4. The SMILES string of the molecule is CC(=O)c1cccc(N2C(SCCOc3ccccc3)=N[C@H]3CS(=O)(=O)C[C@@H]32)c1. The summed E-state index contributed by atoms with van der Waals surface area (Å²) in [6.45, 7) is 2.04. The molecule has 8 heteroatoms. The van der Waals surface area contributed by atoms with Gasteiger partial charge in [-0.1, -0.05) is 42.1 Å². The van der Waals surface area contributed by atoms with Crippen molar-refractivity contribution < 1.29 is 17.9 Å². The quantitative estimate of drug-likeness (QED) is 0.518. The molecule has 2 aromatic carbocycles. The van der Waals surface area contributed by atoms with Crippen molar-refractivity contribution in [1.29, 1.82) is 0 Å². The largest absolute Gasteiger partial charge is 0.493 e. The molecule has 0 saturated carbocycles. The number of carbonyl (C=O) groups is 1. The number of anilines is 1. The third kappa shape index (κ3) is 4.48. The van der Waals surface area contributed by atoms with Crippen LogP contribution in [0.15, 0.2) is 59.6 Å². The second-order valence-corrected chi connectivity index (χ2v) is 10.3. The van der Waals surface area contributed by atoms with Gasteiger partial charge < -0.3 is 9.64 Å². The van der Waals surface area contributed by atoms with Crippen LogP contribution in [0, 0.1) is 0 Å². The van der Waals surface area contributed by atoms with Crippen molar-refractivity contribution in [2.45, 2.75) is 19.0 Å². The second-order valence-electron chi connectivity index (χ2n) is 7.11. The Balaban J connectivity index is 1.51. The summed E-state index contributed by atoms with van der Waals surface area (Å²) in [5.41, 5.74) is 1.40. The number of carbonyl (C=O) groups excluding carboxylic acids is 1. The van der Waals surface area contributed by atoms with E-state index in [-0.39, 0.29) is 29.4 Å². The molecule has 0 bridgehead atoms. The van der Waals surface area contributed by atoms with Gasteiger partial charge in [0.15, 0.2) is 20.8 Å². The molecule has 29 heavy (non-hydrogen) atoms. The molecule has 0 spiro atoms. The standard InChI is InChI=1S/C21H22N2O4S2/c1-15(24)16-6-5-7-17(12-16)23-20-14-29(25,26)13-19(20)22-21(23)28-11-10-27-18-8-3-2-4-9-18/h2-9,12,19-20H,10-11,13-14H2,1H3/t19-,20-/m0/s1.